The van der Waals surface area contributed by atoms with Crippen LogP contribution < -0.4 is 0 Å². The van der Waals surface area contributed by atoms with Crippen LogP contribution in [0.3, 0.4) is 0 Å². The number of rotatable bonds is 2. The molecule has 0 heterocycles. The van der Waals surface area contributed by atoms with Crippen molar-refractivity contribution in [1.29, 1.82) is 0 Å². The van der Waals surface area contributed by atoms with Gasteiger partial charge in [0.15, 0.2) is 0 Å². The fourth-order valence-electron chi connectivity index (χ4n) is 3.49. The largest absolute Gasteiger partial charge is 0.100 e. The molecule has 1 aliphatic carbocycles. The average molecular weight is 180 g/mol. The van der Waals surface area contributed by atoms with Gasteiger partial charge in [0.25, 0.3) is 0 Å². The van der Waals surface area contributed by atoms with Crippen molar-refractivity contribution in [2.24, 2.45) is 17.3 Å². The maximum absolute atomic E-state index is 4.04. The lowest BCUT2D eigenvalue weighted by Crippen LogP contribution is -2.29. The van der Waals surface area contributed by atoms with Gasteiger partial charge in [-0.3, -0.25) is 0 Å². The van der Waals surface area contributed by atoms with Gasteiger partial charge in [-0.15, -0.1) is 6.58 Å². The summed E-state index contributed by atoms with van der Waals surface area (Å²) < 4.78 is 0. The van der Waals surface area contributed by atoms with Gasteiger partial charge < -0.3 is 0 Å². The monoisotopic (exact) mass is 180 g/mol. The Bertz CT molecular complexity index is 180. The van der Waals surface area contributed by atoms with Gasteiger partial charge in [-0.1, -0.05) is 26.3 Å². The van der Waals surface area contributed by atoms with Crippen LogP contribution in [0.15, 0.2) is 12.2 Å². The second kappa shape index (κ2) is 3.86. The van der Waals surface area contributed by atoms with E-state index in [0.29, 0.717) is 5.41 Å². The van der Waals surface area contributed by atoms with Crippen LogP contribution in [0.4, 0.5) is 0 Å². The summed E-state index contributed by atoms with van der Waals surface area (Å²) in [5.41, 5.74) is 1.90. The molecule has 0 aromatic carbocycles. The van der Waals surface area contributed by atoms with Crippen molar-refractivity contribution in [3.63, 3.8) is 0 Å². The number of hydrogen-bond donors (Lipinski definition) is 0. The van der Waals surface area contributed by atoms with Crippen LogP contribution >= 0.6 is 0 Å². The van der Waals surface area contributed by atoms with Crippen molar-refractivity contribution in [3.05, 3.63) is 12.2 Å². The third-order valence-corrected chi connectivity index (χ3v) is 3.22. The first-order chi connectivity index (χ1) is 5.91. The first kappa shape index (κ1) is 10.8. The molecule has 0 bridgehead atoms. The Balaban J connectivity index is 2.60. The van der Waals surface area contributed by atoms with Crippen LogP contribution in [0.25, 0.3) is 0 Å². The Hall–Kier alpha value is -0.260. The molecule has 13 heavy (non-hydrogen) atoms. The van der Waals surface area contributed by atoms with Gasteiger partial charge in [0.1, 0.15) is 0 Å². The maximum atomic E-state index is 4.04. The lowest BCUT2D eigenvalue weighted by Gasteiger charge is -2.40. The van der Waals surface area contributed by atoms with Gasteiger partial charge in [-0.25, -0.2) is 0 Å². The summed E-state index contributed by atoms with van der Waals surface area (Å²) in [5.74, 6) is 1.82. The van der Waals surface area contributed by atoms with Crippen molar-refractivity contribution in [2.45, 2.75) is 53.4 Å². The molecule has 0 aliphatic heterocycles. The Morgan fingerprint density at radius 3 is 2.15 bits per heavy atom. The topological polar surface area (TPSA) is 0 Å². The van der Waals surface area contributed by atoms with E-state index in [1.807, 2.05) is 0 Å². The van der Waals surface area contributed by atoms with Crippen LogP contribution in [-0.2, 0) is 0 Å². The molecule has 0 N–H and O–H groups in total. The highest BCUT2D eigenvalue weighted by Gasteiger charge is 2.33. The standard InChI is InChI=1S/C13H24/c1-10(2)7-13(5)8-11(3)6-12(4)9-13/h11-12H,1,6-9H2,2-5H3. The van der Waals surface area contributed by atoms with E-state index in [-0.39, 0.29) is 0 Å². The molecular weight excluding hydrogens is 156 g/mol. The molecular formula is C13H24. The second-order valence-electron chi connectivity index (χ2n) is 5.80. The number of allylic oxidation sites excluding steroid dienone is 1. The molecule has 0 aromatic rings. The van der Waals surface area contributed by atoms with E-state index in [9.17, 15) is 0 Å². The minimum atomic E-state index is 0.545. The van der Waals surface area contributed by atoms with Gasteiger partial charge >= 0.3 is 0 Å². The highest BCUT2D eigenvalue weighted by atomic mass is 14.4. The molecule has 1 saturated carbocycles. The van der Waals surface area contributed by atoms with Gasteiger partial charge in [0.05, 0.1) is 0 Å². The molecule has 2 unspecified atom stereocenters. The molecule has 1 fully saturated rings. The van der Waals surface area contributed by atoms with E-state index in [1.165, 1.54) is 31.3 Å². The molecule has 76 valence electrons. The van der Waals surface area contributed by atoms with Crippen molar-refractivity contribution in [1.82, 2.24) is 0 Å². The molecule has 0 nitrogen and oxygen atoms in total. The fraction of sp³-hybridized carbons (Fsp3) is 0.846. The van der Waals surface area contributed by atoms with E-state index in [1.54, 1.807) is 0 Å². The molecule has 1 rings (SSSR count). The molecule has 0 spiro atoms. The zero-order valence-electron chi connectivity index (χ0n) is 9.69. The third-order valence-electron chi connectivity index (χ3n) is 3.22. The van der Waals surface area contributed by atoms with Gasteiger partial charge in [-0.05, 0) is 49.9 Å². The molecule has 0 amide bonds. The summed E-state index contributed by atoms with van der Waals surface area (Å²) in [7, 11) is 0. The Morgan fingerprint density at radius 2 is 1.77 bits per heavy atom. The highest BCUT2D eigenvalue weighted by molar-refractivity contribution is 4.97. The van der Waals surface area contributed by atoms with Crippen LogP contribution in [-0.4, -0.2) is 0 Å². The Labute approximate surface area is 83.4 Å². The van der Waals surface area contributed by atoms with Crippen molar-refractivity contribution in [3.8, 4) is 0 Å². The second-order valence-corrected chi connectivity index (χ2v) is 5.80. The minimum Gasteiger partial charge on any atom is -0.100 e. The maximum Gasteiger partial charge on any atom is -0.0271 e. The van der Waals surface area contributed by atoms with Crippen LogP contribution in [0.5, 0.6) is 0 Å². The summed E-state index contributed by atoms with van der Waals surface area (Å²) >= 11 is 0. The predicted octanol–water partition coefficient (Wildman–Crippen LogP) is 4.42. The van der Waals surface area contributed by atoms with E-state index < -0.39 is 0 Å². The van der Waals surface area contributed by atoms with E-state index in [0.717, 1.165) is 11.8 Å². The zero-order valence-corrected chi connectivity index (χ0v) is 9.69. The first-order valence-electron chi connectivity index (χ1n) is 5.56. The molecule has 1 aliphatic rings. The fourth-order valence-corrected chi connectivity index (χ4v) is 3.49. The summed E-state index contributed by atoms with van der Waals surface area (Å²) in [5, 5.41) is 0. The van der Waals surface area contributed by atoms with Crippen molar-refractivity contribution < 1.29 is 0 Å². The van der Waals surface area contributed by atoms with Crippen LogP contribution in [0, 0.1) is 17.3 Å². The average Bonchev–Trinajstić information content (AvgIpc) is 1.77. The summed E-state index contributed by atoms with van der Waals surface area (Å²) in [6, 6.07) is 0. The highest BCUT2D eigenvalue weighted by Crippen LogP contribution is 2.45. The molecule has 0 radical (unpaired) electrons. The predicted molar refractivity (Wildman–Crippen MR) is 59.7 cm³/mol. The van der Waals surface area contributed by atoms with E-state index in [4.69, 9.17) is 0 Å². The van der Waals surface area contributed by atoms with Crippen molar-refractivity contribution >= 4 is 0 Å². The van der Waals surface area contributed by atoms with Crippen LogP contribution in [0.2, 0.25) is 0 Å². The smallest absolute Gasteiger partial charge is 0.0271 e. The summed E-state index contributed by atoms with van der Waals surface area (Å²) in [6.45, 7) is 13.4. The third kappa shape index (κ3) is 3.17. The van der Waals surface area contributed by atoms with Crippen LogP contribution in [0.1, 0.15) is 53.4 Å². The summed E-state index contributed by atoms with van der Waals surface area (Å²) in [6.07, 6.45) is 5.43. The van der Waals surface area contributed by atoms with E-state index in [2.05, 4.69) is 34.3 Å². The SMILES string of the molecule is C=C(C)CC1(C)CC(C)CC(C)C1. The normalized spacial score (nSPS) is 40.3. The van der Waals surface area contributed by atoms with Gasteiger partial charge in [0.2, 0.25) is 0 Å². The molecule has 0 saturated heterocycles. The number of hydrogen-bond acceptors (Lipinski definition) is 0. The molecule has 2 atom stereocenters. The quantitative estimate of drug-likeness (QED) is 0.552. The lowest BCUT2D eigenvalue weighted by molar-refractivity contribution is 0.123. The minimum absolute atomic E-state index is 0.545. The molecule has 0 aromatic heterocycles. The lowest BCUT2D eigenvalue weighted by atomic mass is 9.65. The molecule has 0 heteroatoms. The summed E-state index contributed by atoms with van der Waals surface area (Å²) in [4.78, 5) is 0. The van der Waals surface area contributed by atoms with Gasteiger partial charge in [0, 0.05) is 0 Å². The Kier molecular flexibility index (Phi) is 3.21. The van der Waals surface area contributed by atoms with E-state index >= 15 is 0 Å². The Morgan fingerprint density at radius 1 is 1.31 bits per heavy atom. The first-order valence-corrected chi connectivity index (χ1v) is 5.56. The van der Waals surface area contributed by atoms with Crippen molar-refractivity contribution in [2.75, 3.05) is 0 Å². The van der Waals surface area contributed by atoms with Gasteiger partial charge in [-0.2, -0.15) is 0 Å². The zero-order chi connectivity index (χ0) is 10.1.